The molecule has 3 rings (SSSR count). The first kappa shape index (κ1) is 20.4. The van der Waals surface area contributed by atoms with Crippen LogP contribution in [0.1, 0.15) is 36.5 Å². The summed E-state index contributed by atoms with van der Waals surface area (Å²) in [6, 6.07) is 14.3. The van der Waals surface area contributed by atoms with Crippen LogP contribution in [0, 0.1) is 13.8 Å². The van der Waals surface area contributed by atoms with Crippen molar-refractivity contribution in [2.45, 2.75) is 38.0 Å². The van der Waals surface area contributed by atoms with E-state index >= 15 is 0 Å². The number of hydrogen-bond acceptors (Lipinski definition) is 6. The fraction of sp³-hybridized carbons (Fsp3) is 0.286. The number of thioether (sulfide) groups is 1. The Bertz CT molecular complexity index is 951. The summed E-state index contributed by atoms with van der Waals surface area (Å²) >= 11 is 2.83. The molecule has 0 spiro atoms. The van der Waals surface area contributed by atoms with Crippen molar-refractivity contribution >= 4 is 45.5 Å². The molecule has 7 heteroatoms. The summed E-state index contributed by atoms with van der Waals surface area (Å²) in [5.74, 6) is 0.756. The molecule has 0 saturated carbocycles. The number of hydrogen-bond donors (Lipinski definition) is 2. The SMILES string of the molecule is Cc1ccc(C)c(NC(=O)CSc2nnc(Nc3ccc(C(C)C)cc3)s2)c1. The normalized spacial score (nSPS) is 10.9. The molecule has 146 valence electrons. The lowest BCUT2D eigenvalue weighted by atomic mass is 10.0. The summed E-state index contributed by atoms with van der Waals surface area (Å²) in [6.45, 7) is 8.34. The molecular weight excluding hydrogens is 388 g/mol. The van der Waals surface area contributed by atoms with Crippen LogP contribution in [-0.4, -0.2) is 21.9 Å². The van der Waals surface area contributed by atoms with Gasteiger partial charge in [0.05, 0.1) is 5.75 Å². The summed E-state index contributed by atoms with van der Waals surface area (Å²) in [6.07, 6.45) is 0. The molecule has 5 nitrogen and oxygen atoms in total. The zero-order valence-corrected chi connectivity index (χ0v) is 18.1. The molecule has 1 aromatic heterocycles. The highest BCUT2D eigenvalue weighted by atomic mass is 32.2. The minimum atomic E-state index is -0.0484. The average Bonchev–Trinajstić information content (AvgIpc) is 3.11. The van der Waals surface area contributed by atoms with Gasteiger partial charge in [0.1, 0.15) is 0 Å². The molecule has 0 aliphatic carbocycles. The summed E-state index contributed by atoms with van der Waals surface area (Å²) in [4.78, 5) is 12.2. The second-order valence-electron chi connectivity index (χ2n) is 6.93. The molecule has 3 aromatic rings. The van der Waals surface area contributed by atoms with Crippen molar-refractivity contribution in [2.75, 3.05) is 16.4 Å². The average molecular weight is 413 g/mol. The highest BCUT2D eigenvalue weighted by Crippen LogP contribution is 2.28. The fourth-order valence-electron chi connectivity index (χ4n) is 2.58. The van der Waals surface area contributed by atoms with Crippen molar-refractivity contribution in [1.82, 2.24) is 10.2 Å². The third-order valence-electron chi connectivity index (χ3n) is 4.23. The van der Waals surface area contributed by atoms with Crippen LogP contribution in [0.4, 0.5) is 16.5 Å². The first-order chi connectivity index (χ1) is 13.4. The smallest absolute Gasteiger partial charge is 0.234 e. The predicted octanol–water partition coefficient (Wildman–Crippen LogP) is 5.75. The molecular formula is C21H24N4OS2. The molecule has 1 amide bonds. The molecule has 2 aromatic carbocycles. The number of aryl methyl sites for hydroxylation is 2. The molecule has 0 bridgehead atoms. The minimum absolute atomic E-state index is 0.0484. The predicted molar refractivity (Wildman–Crippen MR) is 119 cm³/mol. The van der Waals surface area contributed by atoms with E-state index in [2.05, 4.69) is 46.8 Å². The van der Waals surface area contributed by atoms with Crippen molar-refractivity contribution in [3.05, 3.63) is 59.2 Å². The highest BCUT2D eigenvalue weighted by Gasteiger charge is 2.10. The van der Waals surface area contributed by atoms with Gasteiger partial charge in [-0.25, -0.2) is 0 Å². The van der Waals surface area contributed by atoms with Gasteiger partial charge < -0.3 is 10.6 Å². The number of carbonyl (C=O) groups excluding carboxylic acids is 1. The molecule has 28 heavy (non-hydrogen) atoms. The lowest BCUT2D eigenvalue weighted by Gasteiger charge is -2.08. The van der Waals surface area contributed by atoms with Crippen LogP contribution in [0.15, 0.2) is 46.8 Å². The second-order valence-corrected chi connectivity index (χ2v) is 9.13. The first-order valence-electron chi connectivity index (χ1n) is 9.11. The maximum Gasteiger partial charge on any atom is 0.234 e. The lowest BCUT2D eigenvalue weighted by molar-refractivity contribution is -0.113. The molecule has 0 radical (unpaired) electrons. The van der Waals surface area contributed by atoms with Gasteiger partial charge in [-0.15, -0.1) is 10.2 Å². The van der Waals surface area contributed by atoms with Gasteiger partial charge in [-0.3, -0.25) is 4.79 Å². The third kappa shape index (κ3) is 5.56. The lowest BCUT2D eigenvalue weighted by Crippen LogP contribution is -2.14. The van der Waals surface area contributed by atoms with Crippen molar-refractivity contribution in [2.24, 2.45) is 0 Å². The van der Waals surface area contributed by atoms with Crippen LogP contribution >= 0.6 is 23.1 Å². The Morgan fingerprint density at radius 2 is 1.86 bits per heavy atom. The van der Waals surface area contributed by atoms with Crippen LogP contribution in [0.3, 0.4) is 0 Å². The summed E-state index contributed by atoms with van der Waals surface area (Å²) in [5, 5.41) is 15.3. The summed E-state index contributed by atoms with van der Waals surface area (Å²) in [5.41, 5.74) is 5.30. The summed E-state index contributed by atoms with van der Waals surface area (Å²) < 4.78 is 0.761. The summed E-state index contributed by atoms with van der Waals surface area (Å²) in [7, 11) is 0. The standard InChI is InChI=1S/C21H24N4OS2/c1-13(2)16-7-9-17(10-8-16)22-20-24-25-21(28-20)27-12-19(26)23-18-11-14(3)5-6-15(18)4/h5-11,13H,12H2,1-4H3,(H,22,24)(H,23,26). The number of nitrogens with zero attached hydrogens (tertiary/aromatic N) is 2. The highest BCUT2D eigenvalue weighted by molar-refractivity contribution is 8.01. The van der Waals surface area contributed by atoms with E-state index in [4.69, 9.17) is 0 Å². The van der Waals surface area contributed by atoms with E-state index in [0.29, 0.717) is 11.7 Å². The Hall–Kier alpha value is -2.38. The Labute approximate surface area is 174 Å². The van der Waals surface area contributed by atoms with Gasteiger partial charge in [-0.2, -0.15) is 0 Å². The molecule has 0 saturated heterocycles. The van der Waals surface area contributed by atoms with Gasteiger partial charge in [0.15, 0.2) is 4.34 Å². The Balaban J connectivity index is 1.53. The molecule has 2 N–H and O–H groups in total. The molecule has 0 fully saturated rings. The topological polar surface area (TPSA) is 66.9 Å². The number of rotatable bonds is 7. The molecule has 0 aliphatic rings. The van der Waals surface area contributed by atoms with Gasteiger partial charge in [0.25, 0.3) is 0 Å². The van der Waals surface area contributed by atoms with Crippen molar-refractivity contribution in [1.29, 1.82) is 0 Å². The van der Waals surface area contributed by atoms with E-state index < -0.39 is 0 Å². The third-order valence-corrected chi connectivity index (χ3v) is 6.20. The number of anilines is 3. The number of nitrogens with one attached hydrogen (secondary N) is 2. The maximum atomic E-state index is 12.2. The Morgan fingerprint density at radius 3 is 2.57 bits per heavy atom. The Kier molecular flexibility index (Phi) is 6.70. The van der Waals surface area contributed by atoms with E-state index in [1.807, 2.05) is 44.2 Å². The van der Waals surface area contributed by atoms with Crippen LogP contribution in [0.25, 0.3) is 0 Å². The van der Waals surface area contributed by atoms with E-state index in [1.54, 1.807) is 0 Å². The number of benzene rings is 2. The van der Waals surface area contributed by atoms with E-state index in [-0.39, 0.29) is 5.91 Å². The second kappa shape index (κ2) is 9.21. The van der Waals surface area contributed by atoms with Gasteiger partial charge in [-0.05, 0) is 54.7 Å². The van der Waals surface area contributed by atoms with Crippen molar-refractivity contribution in [3.63, 3.8) is 0 Å². The zero-order chi connectivity index (χ0) is 20.1. The van der Waals surface area contributed by atoms with E-state index in [0.717, 1.165) is 32.0 Å². The number of aromatic nitrogens is 2. The number of carbonyl (C=O) groups is 1. The largest absolute Gasteiger partial charge is 0.330 e. The molecule has 0 aliphatic heterocycles. The first-order valence-corrected chi connectivity index (χ1v) is 10.9. The fourth-order valence-corrected chi connectivity index (χ4v) is 4.15. The zero-order valence-electron chi connectivity index (χ0n) is 16.4. The van der Waals surface area contributed by atoms with Crippen molar-refractivity contribution in [3.8, 4) is 0 Å². The van der Waals surface area contributed by atoms with E-state index in [1.165, 1.54) is 28.7 Å². The van der Waals surface area contributed by atoms with Gasteiger partial charge >= 0.3 is 0 Å². The Morgan fingerprint density at radius 1 is 1.11 bits per heavy atom. The number of amides is 1. The van der Waals surface area contributed by atoms with Crippen LogP contribution in [0.5, 0.6) is 0 Å². The molecule has 0 unspecified atom stereocenters. The van der Waals surface area contributed by atoms with Crippen molar-refractivity contribution < 1.29 is 4.79 Å². The quantitative estimate of drug-likeness (QED) is 0.484. The monoisotopic (exact) mass is 412 g/mol. The van der Waals surface area contributed by atoms with Crippen LogP contribution in [-0.2, 0) is 4.79 Å². The van der Waals surface area contributed by atoms with Crippen LogP contribution in [0.2, 0.25) is 0 Å². The van der Waals surface area contributed by atoms with Gasteiger partial charge in [-0.1, -0.05) is 61.2 Å². The van der Waals surface area contributed by atoms with Gasteiger partial charge in [0, 0.05) is 11.4 Å². The van der Waals surface area contributed by atoms with Gasteiger partial charge in [0.2, 0.25) is 11.0 Å². The van der Waals surface area contributed by atoms with E-state index in [9.17, 15) is 4.79 Å². The van der Waals surface area contributed by atoms with Crippen LogP contribution < -0.4 is 10.6 Å². The maximum absolute atomic E-state index is 12.2. The molecule has 0 atom stereocenters. The minimum Gasteiger partial charge on any atom is -0.330 e. The molecule has 1 heterocycles.